The molecule has 1 aromatic carbocycles. The molecule has 1 aliphatic heterocycles. The van der Waals surface area contributed by atoms with Gasteiger partial charge in [0, 0.05) is 25.2 Å². The molecule has 3 rings (SSSR count). The molecular weight excluding hydrogens is 352 g/mol. The maximum absolute atomic E-state index is 13.0. The Morgan fingerprint density at radius 2 is 1.92 bits per heavy atom. The first kappa shape index (κ1) is 19.2. The third-order valence-corrected chi connectivity index (χ3v) is 7.25. The number of piperidine rings is 1. The van der Waals surface area contributed by atoms with Crippen LogP contribution in [-0.4, -0.2) is 44.9 Å². The van der Waals surface area contributed by atoms with E-state index in [1.807, 2.05) is 0 Å². The molecule has 144 valence electrons. The van der Waals surface area contributed by atoms with Crippen LogP contribution in [0, 0.1) is 5.92 Å². The van der Waals surface area contributed by atoms with E-state index in [0.29, 0.717) is 18.7 Å². The van der Waals surface area contributed by atoms with Crippen LogP contribution in [0.15, 0.2) is 29.2 Å². The molecule has 1 aromatic rings. The molecule has 0 spiro atoms. The van der Waals surface area contributed by atoms with E-state index >= 15 is 0 Å². The number of ether oxygens (including phenoxy) is 1. The van der Waals surface area contributed by atoms with Crippen LogP contribution < -0.4 is 10.1 Å². The van der Waals surface area contributed by atoms with Gasteiger partial charge in [-0.25, -0.2) is 8.42 Å². The number of nitrogens with zero attached hydrogens (tertiary/aromatic N) is 1. The maximum Gasteiger partial charge on any atom is 0.243 e. The predicted octanol–water partition coefficient (Wildman–Crippen LogP) is 2.54. The van der Waals surface area contributed by atoms with E-state index in [4.69, 9.17) is 4.74 Å². The van der Waals surface area contributed by atoms with Crippen molar-refractivity contribution in [1.82, 2.24) is 9.62 Å². The lowest BCUT2D eigenvalue weighted by Crippen LogP contribution is -2.47. The normalized spacial score (nSPS) is 22.7. The number of hydrogen-bond donors (Lipinski definition) is 1. The molecule has 7 heteroatoms. The Bertz CT molecular complexity index is 729. The van der Waals surface area contributed by atoms with Crippen molar-refractivity contribution >= 4 is 15.9 Å². The molecule has 2 fully saturated rings. The highest BCUT2D eigenvalue weighted by atomic mass is 32.2. The van der Waals surface area contributed by atoms with Gasteiger partial charge in [0.15, 0.2) is 0 Å². The Hall–Kier alpha value is -1.60. The van der Waals surface area contributed by atoms with Gasteiger partial charge in [0.1, 0.15) is 5.75 Å². The number of sulfonamides is 1. The Labute approximate surface area is 156 Å². The molecule has 0 radical (unpaired) electrons. The predicted molar refractivity (Wildman–Crippen MR) is 99.5 cm³/mol. The van der Waals surface area contributed by atoms with Gasteiger partial charge in [0.25, 0.3) is 0 Å². The number of methoxy groups -OCH3 is 1. The minimum atomic E-state index is -3.62. The van der Waals surface area contributed by atoms with Crippen LogP contribution in [0.1, 0.15) is 44.9 Å². The van der Waals surface area contributed by atoms with Crippen LogP contribution in [0.4, 0.5) is 0 Å². The maximum atomic E-state index is 13.0. The van der Waals surface area contributed by atoms with Gasteiger partial charge in [-0.15, -0.1) is 0 Å². The first-order chi connectivity index (χ1) is 12.5. The summed E-state index contributed by atoms with van der Waals surface area (Å²) in [5.41, 5.74) is 0. The lowest BCUT2D eigenvalue weighted by molar-refractivity contribution is -0.127. The zero-order valence-corrected chi connectivity index (χ0v) is 16.1. The molecule has 0 aromatic heterocycles. The van der Waals surface area contributed by atoms with E-state index in [0.717, 1.165) is 32.1 Å². The van der Waals surface area contributed by atoms with E-state index in [9.17, 15) is 13.2 Å². The molecule has 0 bridgehead atoms. The van der Waals surface area contributed by atoms with Gasteiger partial charge in [-0.05, 0) is 37.8 Å². The molecule has 1 aliphatic carbocycles. The van der Waals surface area contributed by atoms with Crippen LogP contribution in [0.2, 0.25) is 0 Å². The Kier molecular flexibility index (Phi) is 6.19. The molecular formula is C19H28N2O4S. The summed E-state index contributed by atoms with van der Waals surface area (Å²) in [6.07, 6.45) is 7.06. The monoisotopic (exact) mass is 380 g/mol. The van der Waals surface area contributed by atoms with Crippen LogP contribution in [0.5, 0.6) is 5.75 Å². The van der Waals surface area contributed by atoms with Crippen molar-refractivity contribution in [1.29, 1.82) is 0 Å². The van der Waals surface area contributed by atoms with Crippen molar-refractivity contribution in [3.8, 4) is 5.75 Å². The van der Waals surface area contributed by atoms with Crippen LogP contribution in [0.3, 0.4) is 0 Å². The van der Waals surface area contributed by atoms with E-state index in [2.05, 4.69) is 5.32 Å². The van der Waals surface area contributed by atoms with Gasteiger partial charge < -0.3 is 10.1 Å². The highest BCUT2D eigenvalue weighted by Gasteiger charge is 2.34. The van der Waals surface area contributed by atoms with Crippen molar-refractivity contribution in [3.63, 3.8) is 0 Å². The summed E-state index contributed by atoms with van der Waals surface area (Å²) in [7, 11) is -2.11. The van der Waals surface area contributed by atoms with E-state index in [-0.39, 0.29) is 29.3 Å². The van der Waals surface area contributed by atoms with Gasteiger partial charge >= 0.3 is 0 Å². The van der Waals surface area contributed by atoms with Crippen molar-refractivity contribution in [3.05, 3.63) is 24.3 Å². The second-order valence-electron chi connectivity index (χ2n) is 7.22. The van der Waals surface area contributed by atoms with Gasteiger partial charge in [-0.1, -0.05) is 25.3 Å². The zero-order chi connectivity index (χ0) is 18.6. The molecule has 2 aliphatic rings. The largest absolute Gasteiger partial charge is 0.497 e. The first-order valence-electron chi connectivity index (χ1n) is 9.45. The van der Waals surface area contributed by atoms with Crippen LogP contribution in [-0.2, 0) is 14.8 Å². The number of carbonyl (C=O) groups excluding carboxylic acids is 1. The van der Waals surface area contributed by atoms with Gasteiger partial charge in [-0.3, -0.25) is 4.79 Å². The van der Waals surface area contributed by atoms with E-state index in [1.165, 1.54) is 23.9 Å². The zero-order valence-electron chi connectivity index (χ0n) is 15.3. The third-order valence-electron chi connectivity index (χ3n) is 5.39. The molecule has 1 N–H and O–H groups in total. The summed E-state index contributed by atoms with van der Waals surface area (Å²) in [6, 6.07) is 6.74. The van der Waals surface area contributed by atoms with Crippen LogP contribution in [0.25, 0.3) is 0 Å². The first-order valence-corrected chi connectivity index (χ1v) is 10.9. The lowest BCUT2D eigenvalue weighted by Gasteiger charge is -2.32. The van der Waals surface area contributed by atoms with Crippen molar-refractivity contribution < 1.29 is 17.9 Å². The summed E-state index contributed by atoms with van der Waals surface area (Å²) in [4.78, 5) is 12.8. The van der Waals surface area contributed by atoms with Gasteiger partial charge in [0.05, 0.1) is 17.9 Å². The number of carbonyl (C=O) groups is 1. The fourth-order valence-electron chi connectivity index (χ4n) is 3.85. The summed E-state index contributed by atoms with van der Waals surface area (Å²) in [6.45, 7) is 0.699. The second-order valence-corrected chi connectivity index (χ2v) is 9.16. The van der Waals surface area contributed by atoms with Crippen molar-refractivity contribution in [2.24, 2.45) is 5.92 Å². The molecule has 1 atom stereocenters. The number of amides is 1. The van der Waals surface area contributed by atoms with Crippen molar-refractivity contribution in [2.75, 3.05) is 20.2 Å². The highest BCUT2D eigenvalue weighted by molar-refractivity contribution is 7.89. The molecule has 1 saturated carbocycles. The topological polar surface area (TPSA) is 75.7 Å². The molecule has 1 amide bonds. The molecule has 1 heterocycles. The number of nitrogens with one attached hydrogen (secondary N) is 1. The molecule has 1 unspecified atom stereocenters. The lowest BCUT2D eigenvalue weighted by atomic mass is 9.93. The average molecular weight is 381 g/mol. The SMILES string of the molecule is COc1cccc(S(=O)(=O)N2CCCC(C(=O)NC3CCCCC3)C2)c1. The standard InChI is InChI=1S/C19H28N2O4S/c1-25-17-10-5-11-18(13-17)26(23,24)21-12-6-7-15(14-21)19(22)20-16-8-3-2-4-9-16/h5,10-11,13,15-16H,2-4,6-9,12,14H2,1H3,(H,20,22). The number of rotatable bonds is 5. The summed E-state index contributed by atoms with van der Waals surface area (Å²) >= 11 is 0. The highest BCUT2D eigenvalue weighted by Crippen LogP contribution is 2.26. The van der Waals surface area contributed by atoms with E-state index < -0.39 is 10.0 Å². The number of hydrogen-bond acceptors (Lipinski definition) is 4. The Balaban J connectivity index is 1.67. The van der Waals surface area contributed by atoms with Crippen molar-refractivity contribution in [2.45, 2.75) is 55.9 Å². The molecule has 26 heavy (non-hydrogen) atoms. The quantitative estimate of drug-likeness (QED) is 0.852. The summed E-state index contributed by atoms with van der Waals surface area (Å²) in [5, 5.41) is 3.14. The second kappa shape index (κ2) is 8.39. The average Bonchev–Trinajstić information content (AvgIpc) is 2.69. The smallest absolute Gasteiger partial charge is 0.243 e. The molecule has 1 saturated heterocycles. The van der Waals surface area contributed by atoms with Gasteiger partial charge in [0.2, 0.25) is 15.9 Å². The Morgan fingerprint density at radius 1 is 1.15 bits per heavy atom. The fourth-order valence-corrected chi connectivity index (χ4v) is 5.41. The minimum absolute atomic E-state index is 0.00226. The Morgan fingerprint density at radius 3 is 2.65 bits per heavy atom. The molecule has 6 nitrogen and oxygen atoms in total. The number of benzene rings is 1. The fraction of sp³-hybridized carbons (Fsp3) is 0.632. The van der Waals surface area contributed by atoms with Gasteiger partial charge in [-0.2, -0.15) is 4.31 Å². The van der Waals surface area contributed by atoms with Crippen LogP contribution >= 0.6 is 0 Å². The summed E-state index contributed by atoms with van der Waals surface area (Å²) in [5.74, 6) is 0.239. The third kappa shape index (κ3) is 4.38. The summed E-state index contributed by atoms with van der Waals surface area (Å²) < 4.78 is 32.5. The van der Waals surface area contributed by atoms with E-state index in [1.54, 1.807) is 18.2 Å². The minimum Gasteiger partial charge on any atom is -0.497 e.